The van der Waals surface area contributed by atoms with Crippen molar-refractivity contribution in [1.29, 1.82) is 0 Å². The first-order valence-corrected chi connectivity index (χ1v) is 8.58. The van der Waals surface area contributed by atoms with Gasteiger partial charge in [0, 0.05) is 23.6 Å². The van der Waals surface area contributed by atoms with Gasteiger partial charge >= 0.3 is 6.18 Å². The molecule has 0 radical (unpaired) electrons. The number of hydrogen-bond donors (Lipinski definition) is 3. The van der Waals surface area contributed by atoms with Gasteiger partial charge in [-0.2, -0.15) is 13.2 Å². The van der Waals surface area contributed by atoms with Crippen molar-refractivity contribution in [3.8, 4) is 0 Å². The second kappa shape index (κ2) is 5.61. The number of ketones is 1. The van der Waals surface area contributed by atoms with Gasteiger partial charge in [0.25, 0.3) is 5.56 Å². The molecule has 3 N–H and O–H groups in total. The molecule has 1 aromatic heterocycles. The Morgan fingerprint density at radius 3 is 2.33 bits per heavy atom. The standard InChI is InChI=1S/C19H18F3N3O2/c1-18(2)7-11-14(12(26)8-18)13(15-16(23-11)24-25-17(15)27)9-3-5-10(6-4-9)19(20,21)22/h3-6,13H,7-8H2,1-2H3,(H3,23,24,25,27). The van der Waals surface area contributed by atoms with Gasteiger partial charge in [-0.15, -0.1) is 0 Å². The van der Waals surface area contributed by atoms with Crippen LogP contribution in [0.15, 0.2) is 40.3 Å². The van der Waals surface area contributed by atoms with E-state index >= 15 is 0 Å². The summed E-state index contributed by atoms with van der Waals surface area (Å²) in [6.07, 6.45) is -3.52. The fourth-order valence-corrected chi connectivity index (χ4v) is 4.02. The third-order valence-electron chi connectivity index (χ3n) is 5.16. The summed E-state index contributed by atoms with van der Waals surface area (Å²) in [5, 5.41) is 8.39. The molecule has 1 aliphatic heterocycles. The maximum Gasteiger partial charge on any atom is 0.416 e. The number of fused-ring (bicyclic) bond motifs is 1. The van der Waals surface area contributed by atoms with Crippen LogP contribution in [0.25, 0.3) is 0 Å². The molecule has 0 bridgehead atoms. The third-order valence-corrected chi connectivity index (χ3v) is 5.16. The number of rotatable bonds is 1. The number of hydrogen-bond acceptors (Lipinski definition) is 3. The molecular formula is C19H18F3N3O2. The van der Waals surface area contributed by atoms with E-state index in [2.05, 4.69) is 15.5 Å². The van der Waals surface area contributed by atoms with Crippen molar-refractivity contribution >= 4 is 11.6 Å². The smallest absolute Gasteiger partial charge is 0.343 e. The molecule has 2 aliphatic rings. The van der Waals surface area contributed by atoms with Gasteiger partial charge in [-0.1, -0.05) is 26.0 Å². The zero-order valence-corrected chi connectivity index (χ0v) is 14.8. The van der Waals surface area contributed by atoms with E-state index in [-0.39, 0.29) is 11.2 Å². The van der Waals surface area contributed by atoms with E-state index in [0.29, 0.717) is 41.1 Å². The molecule has 1 unspecified atom stereocenters. The minimum atomic E-state index is -4.45. The molecule has 5 nitrogen and oxygen atoms in total. The zero-order chi connectivity index (χ0) is 19.6. The van der Waals surface area contributed by atoms with E-state index in [4.69, 9.17) is 0 Å². The summed E-state index contributed by atoms with van der Waals surface area (Å²) in [6.45, 7) is 3.97. The van der Waals surface area contributed by atoms with Gasteiger partial charge in [0.15, 0.2) is 5.78 Å². The fourth-order valence-electron chi connectivity index (χ4n) is 4.02. The average Bonchev–Trinajstić information content (AvgIpc) is 2.92. The molecular weight excluding hydrogens is 359 g/mol. The van der Waals surface area contributed by atoms with Crippen LogP contribution < -0.4 is 10.9 Å². The van der Waals surface area contributed by atoms with Gasteiger partial charge in [0.2, 0.25) is 0 Å². The van der Waals surface area contributed by atoms with Crippen LogP contribution in [0.5, 0.6) is 0 Å². The van der Waals surface area contributed by atoms with Crippen LogP contribution in [-0.2, 0) is 11.0 Å². The predicted molar refractivity (Wildman–Crippen MR) is 93.4 cm³/mol. The summed E-state index contributed by atoms with van der Waals surface area (Å²) in [4.78, 5) is 25.2. The van der Waals surface area contributed by atoms with Crippen molar-refractivity contribution in [3.63, 3.8) is 0 Å². The van der Waals surface area contributed by atoms with Crippen molar-refractivity contribution in [2.45, 2.75) is 38.8 Å². The van der Waals surface area contributed by atoms with E-state index in [1.807, 2.05) is 13.8 Å². The first-order chi connectivity index (χ1) is 12.6. The third kappa shape index (κ3) is 2.89. The van der Waals surface area contributed by atoms with Crippen LogP contribution in [0.1, 0.15) is 49.3 Å². The van der Waals surface area contributed by atoms with Crippen LogP contribution in [0.4, 0.5) is 19.0 Å². The van der Waals surface area contributed by atoms with E-state index in [1.165, 1.54) is 12.1 Å². The minimum Gasteiger partial charge on any atom is -0.343 e. The van der Waals surface area contributed by atoms with Gasteiger partial charge in [-0.05, 0) is 29.5 Å². The van der Waals surface area contributed by atoms with Crippen LogP contribution in [0, 0.1) is 5.41 Å². The number of aromatic nitrogens is 2. The zero-order valence-electron chi connectivity index (χ0n) is 14.8. The quantitative estimate of drug-likeness (QED) is 0.705. The second-order valence-electron chi connectivity index (χ2n) is 7.88. The number of nitrogens with one attached hydrogen (secondary N) is 3. The Balaban J connectivity index is 1.88. The molecule has 142 valence electrons. The van der Waals surface area contributed by atoms with Crippen LogP contribution in [0.2, 0.25) is 0 Å². The fraction of sp³-hybridized carbons (Fsp3) is 0.368. The molecule has 4 rings (SSSR count). The number of carbonyl (C=O) groups is 1. The number of alkyl halides is 3. The topological polar surface area (TPSA) is 77.8 Å². The molecule has 1 aromatic carbocycles. The molecule has 2 aromatic rings. The minimum absolute atomic E-state index is 0.0927. The van der Waals surface area contributed by atoms with Gasteiger partial charge in [-0.25, -0.2) is 0 Å². The number of H-pyrrole nitrogens is 2. The van der Waals surface area contributed by atoms with E-state index in [0.717, 1.165) is 12.1 Å². The lowest BCUT2D eigenvalue weighted by Gasteiger charge is -2.37. The van der Waals surface area contributed by atoms with Crippen molar-refractivity contribution in [3.05, 3.63) is 62.6 Å². The first kappa shape index (κ1) is 17.6. The Kier molecular flexibility index (Phi) is 3.66. The highest BCUT2D eigenvalue weighted by molar-refractivity contribution is 6.01. The van der Waals surface area contributed by atoms with Gasteiger partial charge in [0.1, 0.15) is 5.82 Å². The van der Waals surface area contributed by atoms with E-state index in [1.54, 1.807) is 0 Å². The summed E-state index contributed by atoms with van der Waals surface area (Å²) in [5.74, 6) is -0.337. The van der Waals surface area contributed by atoms with Gasteiger partial charge in [0.05, 0.1) is 11.1 Å². The number of benzene rings is 1. The highest BCUT2D eigenvalue weighted by Crippen LogP contribution is 2.47. The number of halogens is 3. The predicted octanol–water partition coefficient (Wildman–Crippen LogP) is 3.92. The summed E-state index contributed by atoms with van der Waals surface area (Å²) in [7, 11) is 0. The lowest BCUT2D eigenvalue weighted by atomic mass is 9.69. The molecule has 27 heavy (non-hydrogen) atoms. The summed E-state index contributed by atoms with van der Waals surface area (Å²) < 4.78 is 38.7. The normalized spacial score (nSPS) is 21.5. The van der Waals surface area contributed by atoms with Crippen LogP contribution in [-0.4, -0.2) is 16.0 Å². The van der Waals surface area contributed by atoms with Crippen molar-refractivity contribution in [1.82, 2.24) is 10.2 Å². The summed E-state index contributed by atoms with van der Waals surface area (Å²) >= 11 is 0. The number of anilines is 1. The number of Topliss-reactive ketones (excluding diaryl/α,β-unsaturated/α-hetero) is 1. The first-order valence-electron chi connectivity index (χ1n) is 8.58. The molecule has 0 amide bonds. The summed E-state index contributed by atoms with van der Waals surface area (Å²) in [6, 6.07) is 4.64. The highest BCUT2D eigenvalue weighted by atomic mass is 19.4. The Labute approximate surface area is 152 Å². The lowest BCUT2D eigenvalue weighted by molar-refractivity contribution is -0.137. The van der Waals surface area contributed by atoms with Gasteiger partial charge in [-0.3, -0.25) is 19.8 Å². The van der Waals surface area contributed by atoms with Gasteiger partial charge < -0.3 is 5.32 Å². The number of allylic oxidation sites excluding steroid dienone is 2. The lowest BCUT2D eigenvalue weighted by Crippen LogP contribution is -2.35. The molecule has 0 spiro atoms. The molecule has 1 aliphatic carbocycles. The number of carbonyl (C=O) groups excluding carboxylic acids is 1. The molecule has 2 heterocycles. The average molecular weight is 377 g/mol. The van der Waals surface area contributed by atoms with E-state index < -0.39 is 23.2 Å². The molecule has 0 fully saturated rings. The van der Waals surface area contributed by atoms with E-state index in [9.17, 15) is 22.8 Å². The Bertz CT molecular complexity index is 1010. The second-order valence-corrected chi connectivity index (χ2v) is 7.88. The Hall–Kier alpha value is -2.77. The molecule has 1 atom stereocenters. The Morgan fingerprint density at radius 2 is 1.70 bits per heavy atom. The maximum absolute atomic E-state index is 12.9. The Morgan fingerprint density at radius 1 is 1.04 bits per heavy atom. The van der Waals surface area contributed by atoms with Crippen molar-refractivity contribution in [2.24, 2.45) is 5.41 Å². The monoisotopic (exact) mass is 377 g/mol. The van der Waals surface area contributed by atoms with Crippen LogP contribution >= 0.6 is 0 Å². The summed E-state index contributed by atoms with van der Waals surface area (Å²) in [5.41, 5.74) is 0.579. The van der Waals surface area contributed by atoms with Crippen LogP contribution in [0.3, 0.4) is 0 Å². The SMILES string of the molecule is CC1(C)CC(=O)C2=C(C1)Nc1[nH][nH]c(=O)c1C2c1ccc(C(F)(F)F)cc1. The molecule has 0 saturated carbocycles. The maximum atomic E-state index is 12.9. The largest absolute Gasteiger partial charge is 0.416 e. The number of aromatic amines is 2. The van der Waals surface area contributed by atoms with Crippen molar-refractivity contribution < 1.29 is 18.0 Å². The highest BCUT2D eigenvalue weighted by Gasteiger charge is 2.42. The van der Waals surface area contributed by atoms with Crippen molar-refractivity contribution in [2.75, 3.05) is 5.32 Å². The molecule has 0 saturated heterocycles. The molecule has 8 heteroatoms.